The topological polar surface area (TPSA) is 44.7 Å². The van der Waals surface area contributed by atoms with Crippen molar-refractivity contribution in [3.05, 3.63) is 0 Å². The lowest BCUT2D eigenvalue weighted by Crippen LogP contribution is -2.48. The van der Waals surface area contributed by atoms with E-state index in [1.807, 2.05) is 0 Å². The highest BCUT2D eigenvalue weighted by molar-refractivity contribution is 4.92. The van der Waals surface area contributed by atoms with Gasteiger partial charge in [-0.1, -0.05) is 19.8 Å². The molecular formula is C17H34N2O2. The predicted octanol–water partition coefficient (Wildman–Crippen LogP) is 1.88. The largest absolute Gasteiger partial charge is 0.395 e. The molecule has 124 valence electrons. The second kappa shape index (κ2) is 8.47. The Balaban J connectivity index is 1.91. The zero-order chi connectivity index (χ0) is 15.1. The van der Waals surface area contributed by atoms with Gasteiger partial charge in [-0.15, -0.1) is 0 Å². The maximum absolute atomic E-state index is 9.56. The first-order valence-corrected chi connectivity index (χ1v) is 8.74. The van der Waals surface area contributed by atoms with Gasteiger partial charge in [0.15, 0.2) is 0 Å². The van der Waals surface area contributed by atoms with Crippen LogP contribution in [-0.2, 0) is 4.74 Å². The van der Waals surface area contributed by atoms with Crippen LogP contribution in [0.5, 0.6) is 0 Å². The summed E-state index contributed by atoms with van der Waals surface area (Å²) in [7, 11) is 1.76. The number of hydrogen-bond acceptors (Lipinski definition) is 4. The van der Waals surface area contributed by atoms with Crippen LogP contribution < -0.4 is 5.32 Å². The molecule has 1 saturated heterocycles. The van der Waals surface area contributed by atoms with Crippen LogP contribution in [-0.4, -0.2) is 62.6 Å². The molecule has 0 bridgehead atoms. The zero-order valence-corrected chi connectivity index (χ0v) is 13.9. The molecule has 1 unspecified atom stereocenters. The summed E-state index contributed by atoms with van der Waals surface area (Å²) in [6.07, 6.45) is 7.76. The van der Waals surface area contributed by atoms with Crippen molar-refractivity contribution in [1.29, 1.82) is 0 Å². The lowest BCUT2D eigenvalue weighted by atomic mass is 9.70. The molecule has 0 aromatic heterocycles. The van der Waals surface area contributed by atoms with Crippen LogP contribution in [0.3, 0.4) is 0 Å². The van der Waals surface area contributed by atoms with Gasteiger partial charge in [-0.2, -0.15) is 0 Å². The summed E-state index contributed by atoms with van der Waals surface area (Å²) in [5.74, 6) is 0.879. The molecule has 4 nitrogen and oxygen atoms in total. The van der Waals surface area contributed by atoms with Crippen molar-refractivity contribution in [3.63, 3.8) is 0 Å². The quantitative estimate of drug-likeness (QED) is 0.672. The summed E-state index contributed by atoms with van der Waals surface area (Å²) in [5.41, 5.74) is 0.401. The minimum atomic E-state index is 0.323. The monoisotopic (exact) mass is 298 g/mol. The number of hydrogen-bond donors (Lipinski definition) is 2. The summed E-state index contributed by atoms with van der Waals surface area (Å²) in [4.78, 5) is 2.55. The fourth-order valence-corrected chi connectivity index (χ4v) is 4.03. The summed E-state index contributed by atoms with van der Waals surface area (Å²) in [6.45, 7) is 7.86. The van der Waals surface area contributed by atoms with Gasteiger partial charge in [0.25, 0.3) is 0 Å². The van der Waals surface area contributed by atoms with E-state index in [0.29, 0.717) is 18.1 Å². The minimum absolute atomic E-state index is 0.323. The second-order valence-electron chi connectivity index (χ2n) is 7.30. The Morgan fingerprint density at radius 3 is 2.71 bits per heavy atom. The number of methoxy groups -OCH3 is 1. The Bertz CT molecular complexity index is 291. The molecule has 1 aliphatic heterocycles. The molecule has 1 atom stereocenters. The van der Waals surface area contributed by atoms with E-state index in [-0.39, 0.29) is 0 Å². The summed E-state index contributed by atoms with van der Waals surface area (Å²) < 4.78 is 5.14. The zero-order valence-electron chi connectivity index (χ0n) is 13.9. The van der Waals surface area contributed by atoms with Gasteiger partial charge in [0, 0.05) is 32.8 Å². The Morgan fingerprint density at radius 1 is 1.29 bits per heavy atom. The number of nitrogens with one attached hydrogen (secondary N) is 1. The van der Waals surface area contributed by atoms with Gasteiger partial charge in [0.2, 0.25) is 0 Å². The Labute approximate surface area is 130 Å². The van der Waals surface area contributed by atoms with Gasteiger partial charge in [0.05, 0.1) is 13.2 Å². The number of likely N-dealkylation sites (tertiary alicyclic amines) is 1. The third-order valence-corrected chi connectivity index (χ3v) is 5.57. The van der Waals surface area contributed by atoms with Gasteiger partial charge in [-0.05, 0) is 43.6 Å². The van der Waals surface area contributed by atoms with Gasteiger partial charge in [-0.25, -0.2) is 0 Å². The molecule has 0 amide bonds. The van der Waals surface area contributed by atoms with Crippen LogP contribution in [0.2, 0.25) is 0 Å². The molecule has 0 aromatic carbocycles. The summed E-state index contributed by atoms with van der Waals surface area (Å²) >= 11 is 0. The highest BCUT2D eigenvalue weighted by atomic mass is 16.5. The molecule has 1 aliphatic carbocycles. The molecule has 2 rings (SSSR count). The Kier molecular flexibility index (Phi) is 6.93. The number of ether oxygens (including phenoxy) is 1. The van der Waals surface area contributed by atoms with Crippen LogP contribution >= 0.6 is 0 Å². The molecule has 0 radical (unpaired) electrons. The number of aliphatic hydroxyl groups is 1. The smallest absolute Gasteiger partial charge is 0.0587 e. The van der Waals surface area contributed by atoms with Crippen molar-refractivity contribution in [2.45, 2.75) is 51.5 Å². The highest BCUT2D eigenvalue weighted by Crippen LogP contribution is 2.40. The summed E-state index contributed by atoms with van der Waals surface area (Å²) in [5, 5.41) is 13.2. The lowest BCUT2D eigenvalue weighted by molar-refractivity contribution is 0.0618. The van der Waals surface area contributed by atoms with E-state index < -0.39 is 0 Å². The van der Waals surface area contributed by atoms with E-state index in [4.69, 9.17) is 4.74 Å². The number of rotatable bonds is 8. The van der Waals surface area contributed by atoms with Crippen molar-refractivity contribution in [2.75, 3.05) is 46.5 Å². The van der Waals surface area contributed by atoms with E-state index in [2.05, 4.69) is 17.1 Å². The third kappa shape index (κ3) is 4.92. The van der Waals surface area contributed by atoms with Crippen molar-refractivity contribution in [3.8, 4) is 0 Å². The van der Waals surface area contributed by atoms with Crippen molar-refractivity contribution in [1.82, 2.24) is 10.2 Å². The van der Waals surface area contributed by atoms with E-state index in [1.165, 1.54) is 45.1 Å². The highest BCUT2D eigenvalue weighted by Gasteiger charge is 2.38. The van der Waals surface area contributed by atoms with Gasteiger partial charge < -0.3 is 15.2 Å². The first-order chi connectivity index (χ1) is 10.2. The maximum Gasteiger partial charge on any atom is 0.0587 e. The maximum atomic E-state index is 9.56. The molecule has 0 aromatic rings. The van der Waals surface area contributed by atoms with Gasteiger partial charge in [0.1, 0.15) is 0 Å². The molecule has 2 aliphatic rings. The SMILES string of the molecule is COCCNCC1(CN2CCCC2CO)CCC(C)CC1. The average molecular weight is 298 g/mol. The fourth-order valence-electron chi connectivity index (χ4n) is 4.03. The predicted molar refractivity (Wildman–Crippen MR) is 86.5 cm³/mol. The molecule has 21 heavy (non-hydrogen) atoms. The lowest BCUT2D eigenvalue weighted by Gasteiger charge is -2.43. The first kappa shape index (κ1) is 17.2. The van der Waals surface area contributed by atoms with E-state index in [0.717, 1.165) is 32.2 Å². The minimum Gasteiger partial charge on any atom is -0.395 e. The normalized spacial score (nSPS) is 34.4. The third-order valence-electron chi connectivity index (χ3n) is 5.57. The van der Waals surface area contributed by atoms with E-state index in [1.54, 1.807) is 7.11 Å². The van der Waals surface area contributed by atoms with E-state index in [9.17, 15) is 5.11 Å². The van der Waals surface area contributed by atoms with Crippen LogP contribution in [0, 0.1) is 11.3 Å². The standard InChI is InChI=1S/C17H34N2O2/c1-15-5-7-17(8-6-15,13-18-9-11-21-2)14-19-10-3-4-16(19)12-20/h15-16,18,20H,3-14H2,1-2H3. The van der Waals surface area contributed by atoms with Crippen LogP contribution in [0.15, 0.2) is 0 Å². The number of nitrogens with zero attached hydrogens (tertiary/aromatic N) is 1. The van der Waals surface area contributed by atoms with Crippen LogP contribution in [0.1, 0.15) is 45.4 Å². The Morgan fingerprint density at radius 2 is 2.05 bits per heavy atom. The molecule has 4 heteroatoms. The Hall–Kier alpha value is -0.160. The molecule has 1 heterocycles. The first-order valence-electron chi connectivity index (χ1n) is 8.74. The molecule has 2 N–H and O–H groups in total. The fraction of sp³-hybridized carbons (Fsp3) is 1.00. The van der Waals surface area contributed by atoms with Crippen LogP contribution in [0.4, 0.5) is 0 Å². The molecular weight excluding hydrogens is 264 g/mol. The van der Waals surface area contributed by atoms with Crippen LogP contribution in [0.25, 0.3) is 0 Å². The average Bonchev–Trinajstić information content (AvgIpc) is 2.94. The second-order valence-corrected chi connectivity index (χ2v) is 7.30. The molecule has 2 fully saturated rings. The van der Waals surface area contributed by atoms with Gasteiger partial charge in [-0.3, -0.25) is 4.90 Å². The van der Waals surface area contributed by atoms with Crippen molar-refractivity contribution < 1.29 is 9.84 Å². The van der Waals surface area contributed by atoms with Gasteiger partial charge >= 0.3 is 0 Å². The van der Waals surface area contributed by atoms with E-state index >= 15 is 0 Å². The number of aliphatic hydroxyl groups excluding tert-OH is 1. The summed E-state index contributed by atoms with van der Waals surface area (Å²) in [6, 6.07) is 0.403. The van der Waals surface area contributed by atoms with Crippen molar-refractivity contribution >= 4 is 0 Å². The molecule has 1 saturated carbocycles. The molecule has 0 spiro atoms. The van der Waals surface area contributed by atoms with Crippen molar-refractivity contribution in [2.24, 2.45) is 11.3 Å².